The molecule has 1 unspecified atom stereocenters. The Morgan fingerprint density at radius 1 is 1.25 bits per heavy atom. The van der Waals surface area contributed by atoms with Gasteiger partial charge in [0.05, 0.1) is 19.3 Å². The summed E-state index contributed by atoms with van der Waals surface area (Å²) < 4.78 is 16.7. The summed E-state index contributed by atoms with van der Waals surface area (Å²) in [6, 6.07) is 5.77. The van der Waals surface area contributed by atoms with Gasteiger partial charge in [0.25, 0.3) is 0 Å². The minimum Gasteiger partial charge on any atom is -0.444 e. The molecule has 24 heavy (non-hydrogen) atoms. The molecule has 2 heterocycles. The number of para-hydroxylation sites is 1. The van der Waals surface area contributed by atoms with E-state index in [0.717, 1.165) is 24.0 Å². The van der Waals surface area contributed by atoms with Crippen LogP contribution in [0.15, 0.2) is 18.2 Å². The van der Waals surface area contributed by atoms with Crippen molar-refractivity contribution in [2.45, 2.75) is 51.5 Å². The molecular weight excluding hydrogens is 308 g/mol. The molecule has 1 aromatic rings. The maximum Gasteiger partial charge on any atom is 0.410 e. The molecule has 6 nitrogen and oxygen atoms in total. The van der Waals surface area contributed by atoms with Gasteiger partial charge in [-0.05, 0) is 39.2 Å². The van der Waals surface area contributed by atoms with Gasteiger partial charge >= 0.3 is 6.09 Å². The molecule has 1 aromatic carbocycles. The highest BCUT2D eigenvalue weighted by Gasteiger charge is 2.35. The summed E-state index contributed by atoms with van der Waals surface area (Å²) in [5, 5.41) is 0. The van der Waals surface area contributed by atoms with Gasteiger partial charge in [-0.15, -0.1) is 0 Å². The summed E-state index contributed by atoms with van der Waals surface area (Å²) in [4.78, 5) is 14.3. The summed E-state index contributed by atoms with van der Waals surface area (Å²) in [7, 11) is 0. The molecule has 0 spiro atoms. The molecule has 132 valence electrons. The van der Waals surface area contributed by atoms with Crippen LogP contribution >= 0.6 is 0 Å². The van der Waals surface area contributed by atoms with Gasteiger partial charge in [-0.3, -0.25) is 0 Å². The number of hydrogen-bond acceptors (Lipinski definition) is 5. The van der Waals surface area contributed by atoms with Crippen LogP contribution in [0.2, 0.25) is 0 Å². The lowest BCUT2D eigenvalue weighted by atomic mass is 9.99. The number of nitrogens with zero attached hydrogens (tertiary/aromatic N) is 1. The van der Waals surface area contributed by atoms with Crippen molar-refractivity contribution in [3.8, 4) is 0 Å². The number of carbonyl (C=O) groups excluding carboxylic acids is 1. The second-order valence-electron chi connectivity index (χ2n) is 7.26. The molecule has 0 aromatic heterocycles. The van der Waals surface area contributed by atoms with Crippen LogP contribution in [0.4, 0.5) is 10.5 Å². The van der Waals surface area contributed by atoms with Gasteiger partial charge in [-0.2, -0.15) is 0 Å². The van der Waals surface area contributed by atoms with Crippen molar-refractivity contribution >= 4 is 11.8 Å². The van der Waals surface area contributed by atoms with E-state index in [1.165, 1.54) is 0 Å². The minimum atomic E-state index is -0.511. The Morgan fingerprint density at radius 3 is 2.58 bits per heavy atom. The van der Waals surface area contributed by atoms with Gasteiger partial charge in [-0.25, -0.2) is 4.79 Å². The molecule has 0 bridgehead atoms. The first-order valence-corrected chi connectivity index (χ1v) is 8.48. The van der Waals surface area contributed by atoms with Crippen LogP contribution in [0.3, 0.4) is 0 Å². The summed E-state index contributed by atoms with van der Waals surface area (Å²) in [6.45, 7) is 7.45. The van der Waals surface area contributed by atoms with E-state index in [0.29, 0.717) is 25.4 Å². The fourth-order valence-electron chi connectivity index (χ4n) is 3.26. The summed E-state index contributed by atoms with van der Waals surface area (Å²) in [6.07, 6.45) is 1.10. The van der Waals surface area contributed by atoms with E-state index < -0.39 is 11.9 Å². The number of ether oxygens (including phenoxy) is 3. The zero-order valence-corrected chi connectivity index (χ0v) is 14.6. The Kier molecular flexibility index (Phi) is 4.69. The van der Waals surface area contributed by atoms with Crippen molar-refractivity contribution in [3.05, 3.63) is 29.3 Å². The van der Waals surface area contributed by atoms with Gasteiger partial charge in [-0.1, -0.05) is 18.2 Å². The Labute approximate surface area is 142 Å². The first-order valence-electron chi connectivity index (χ1n) is 8.48. The third-order valence-electron chi connectivity index (χ3n) is 4.29. The van der Waals surface area contributed by atoms with Gasteiger partial charge in [0.2, 0.25) is 0 Å². The van der Waals surface area contributed by atoms with Crippen LogP contribution in [-0.4, -0.2) is 36.4 Å². The first-order chi connectivity index (χ1) is 11.4. The van der Waals surface area contributed by atoms with Crippen molar-refractivity contribution in [2.75, 3.05) is 25.5 Å². The molecule has 2 N–H and O–H groups in total. The summed E-state index contributed by atoms with van der Waals surface area (Å²) in [5.41, 5.74) is 8.30. The molecule has 1 atom stereocenters. The van der Waals surface area contributed by atoms with E-state index in [2.05, 4.69) is 0 Å². The molecule has 2 aliphatic rings. The maximum atomic E-state index is 12.5. The Morgan fingerprint density at radius 2 is 1.92 bits per heavy atom. The third-order valence-corrected chi connectivity index (χ3v) is 4.29. The number of likely N-dealkylation sites (tertiary alicyclic amines) is 1. The fraction of sp³-hybridized carbons (Fsp3) is 0.611. The van der Waals surface area contributed by atoms with Crippen LogP contribution in [-0.2, 0) is 14.2 Å². The van der Waals surface area contributed by atoms with E-state index in [-0.39, 0.29) is 12.1 Å². The second-order valence-corrected chi connectivity index (χ2v) is 7.26. The number of nitrogens with two attached hydrogens (primary N) is 1. The quantitative estimate of drug-likeness (QED) is 0.839. The largest absolute Gasteiger partial charge is 0.444 e. The third kappa shape index (κ3) is 3.49. The van der Waals surface area contributed by atoms with Crippen molar-refractivity contribution in [1.29, 1.82) is 0 Å². The standard InChI is InChI=1S/C18H26N2O4/c1-18(2,3)24-17(21)20-9-5-8-14(20)12-6-4-7-13(15(12)19)16-22-10-11-23-16/h4,6-7,14,16H,5,8-11,19H2,1-3H3. The lowest BCUT2D eigenvalue weighted by molar-refractivity contribution is -0.0436. The van der Waals surface area contributed by atoms with Crippen molar-refractivity contribution in [1.82, 2.24) is 4.90 Å². The molecule has 3 rings (SSSR count). The van der Waals surface area contributed by atoms with Crippen molar-refractivity contribution in [2.24, 2.45) is 0 Å². The van der Waals surface area contributed by atoms with Crippen LogP contribution in [0.1, 0.15) is 57.1 Å². The van der Waals surface area contributed by atoms with Crippen molar-refractivity contribution < 1.29 is 19.0 Å². The molecule has 0 aliphatic carbocycles. The van der Waals surface area contributed by atoms with E-state index in [1.54, 1.807) is 4.90 Å². The molecule has 2 fully saturated rings. The predicted molar refractivity (Wildman–Crippen MR) is 90.4 cm³/mol. The van der Waals surface area contributed by atoms with Crippen LogP contribution in [0.25, 0.3) is 0 Å². The van der Waals surface area contributed by atoms with Gasteiger partial charge in [0.15, 0.2) is 6.29 Å². The maximum absolute atomic E-state index is 12.5. The molecule has 0 radical (unpaired) electrons. The SMILES string of the molecule is CC(C)(C)OC(=O)N1CCCC1c1cccc(C2OCCO2)c1N. The topological polar surface area (TPSA) is 74.0 Å². The fourth-order valence-corrected chi connectivity index (χ4v) is 3.26. The highest BCUT2D eigenvalue weighted by atomic mass is 16.7. The lowest BCUT2D eigenvalue weighted by Crippen LogP contribution is -2.36. The number of rotatable bonds is 2. The minimum absolute atomic E-state index is 0.0683. The zero-order chi connectivity index (χ0) is 17.3. The van der Waals surface area contributed by atoms with Crippen LogP contribution in [0, 0.1) is 0 Å². The van der Waals surface area contributed by atoms with E-state index in [1.807, 2.05) is 39.0 Å². The average Bonchev–Trinajstić information content (AvgIpc) is 3.17. The Bertz CT molecular complexity index is 606. The average molecular weight is 334 g/mol. The molecule has 6 heteroatoms. The van der Waals surface area contributed by atoms with Crippen molar-refractivity contribution in [3.63, 3.8) is 0 Å². The molecular formula is C18H26N2O4. The van der Waals surface area contributed by atoms with Gasteiger partial charge in [0.1, 0.15) is 5.60 Å². The summed E-state index contributed by atoms with van der Waals surface area (Å²) >= 11 is 0. The number of benzene rings is 1. The molecule has 1 amide bonds. The molecule has 0 saturated carbocycles. The number of carbonyl (C=O) groups is 1. The van der Waals surface area contributed by atoms with E-state index >= 15 is 0 Å². The normalized spacial score (nSPS) is 22.1. The lowest BCUT2D eigenvalue weighted by Gasteiger charge is -2.30. The van der Waals surface area contributed by atoms with Crippen LogP contribution < -0.4 is 5.73 Å². The Balaban J connectivity index is 1.84. The monoisotopic (exact) mass is 334 g/mol. The molecule has 2 saturated heterocycles. The van der Waals surface area contributed by atoms with Crippen LogP contribution in [0.5, 0.6) is 0 Å². The zero-order valence-electron chi connectivity index (χ0n) is 14.6. The number of hydrogen-bond donors (Lipinski definition) is 1. The number of amides is 1. The Hall–Kier alpha value is -1.79. The van der Waals surface area contributed by atoms with Gasteiger partial charge < -0.3 is 24.8 Å². The second kappa shape index (κ2) is 6.61. The van der Waals surface area contributed by atoms with E-state index in [9.17, 15) is 4.79 Å². The smallest absolute Gasteiger partial charge is 0.410 e. The summed E-state index contributed by atoms with van der Waals surface area (Å²) in [5.74, 6) is 0. The number of anilines is 1. The van der Waals surface area contributed by atoms with E-state index in [4.69, 9.17) is 19.9 Å². The van der Waals surface area contributed by atoms with Gasteiger partial charge in [0, 0.05) is 17.8 Å². The number of nitrogen functional groups attached to an aromatic ring is 1. The highest BCUT2D eigenvalue weighted by molar-refractivity contribution is 5.70. The first kappa shape index (κ1) is 17.0. The molecule has 2 aliphatic heterocycles. The predicted octanol–water partition coefficient (Wildman–Crippen LogP) is 3.39. The highest BCUT2D eigenvalue weighted by Crippen LogP contribution is 2.39.